The Hall–Kier alpha value is -1.60. The van der Waals surface area contributed by atoms with E-state index in [-0.39, 0.29) is 11.9 Å². The van der Waals surface area contributed by atoms with E-state index in [1.807, 2.05) is 25.6 Å². The summed E-state index contributed by atoms with van der Waals surface area (Å²) in [6.07, 6.45) is 1.45. The van der Waals surface area contributed by atoms with E-state index in [0.29, 0.717) is 13.0 Å². The van der Waals surface area contributed by atoms with Gasteiger partial charge in [-0.1, -0.05) is 6.92 Å². The largest absolute Gasteiger partial charge is 0.378 e. The topological polar surface area (TPSA) is 71.4 Å². The Morgan fingerprint density at radius 2 is 2.08 bits per heavy atom. The van der Waals surface area contributed by atoms with E-state index in [4.69, 9.17) is 4.74 Å². The zero-order valence-electron chi connectivity index (χ0n) is 15.4. The summed E-state index contributed by atoms with van der Waals surface area (Å²) in [6.45, 7) is 10.8. The lowest BCUT2D eigenvalue weighted by molar-refractivity contribution is -0.121. The van der Waals surface area contributed by atoms with Crippen LogP contribution >= 0.6 is 0 Å². The molecule has 0 spiro atoms. The molecule has 7 nitrogen and oxygen atoms in total. The maximum absolute atomic E-state index is 11.8. The molecule has 24 heavy (non-hydrogen) atoms. The summed E-state index contributed by atoms with van der Waals surface area (Å²) in [6, 6.07) is 0.242. The number of aromatic nitrogens is 2. The molecule has 2 heterocycles. The molecular formula is C17H31N5O2. The molecule has 1 aliphatic heterocycles. The number of carbonyl (C=O) groups is 1. The molecule has 7 heteroatoms. The number of amides is 1. The fourth-order valence-electron chi connectivity index (χ4n) is 2.93. The smallest absolute Gasteiger partial charge is 0.221 e. The highest BCUT2D eigenvalue weighted by Gasteiger charge is 2.21. The van der Waals surface area contributed by atoms with Crippen LogP contribution < -0.4 is 15.5 Å². The fraction of sp³-hybridized carbons (Fsp3) is 0.765. The van der Waals surface area contributed by atoms with E-state index >= 15 is 0 Å². The molecule has 2 rings (SSSR count). The van der Waals surface area contributed by atoms with Crippen molar-refractivity contribution in [1.29, 1.82) is 0 Å². The van der Waals surface area contributed by atoms with Crippen LogP contribution in [-0.4, -0.2) is 54.6 Å². The van der Waals surface area contributed by atoms with Gasteiger partial charge in [-0.25, -0.2) is 0 Å². The minimum atomic E-state index is 0.105. The predicted molar refractivity (Wildman–Crippen MR) is 95.2 cm³/mol. The number of nitrogens with one attached hydrogen (secondary N) is 2. The van der Waals surface area contributed by atoms with Crippen molar-refractivity contribution in [3.8, 4) is 0 Å². The van der Waals surface area contributed by atoms with Crippen molar-refractivity contribution in [2.75, 3.05) is 37.7 Å². The minimum Gasteiger partial charge on any atom is -0.378 e. The summed E-state index contributed by atoms with van der Waals surface area (Å²) in [7, 11) is 1.99. The molecule has 0 saturated carbocycles. The monoisotopic (exact) mass is 337 g/mol. The Kier molecular flexibility index (Phi) is 7.05. The molecule has 1 saturated heterocycles. The van der Waals surface area contributed by atoms with Crippen LogP contribution in [0, 0.1) is 6.92 Å². The van der Waals surface area contributed by atoms with E-state index in [1.165, 1.54) is 5.56 Å². The third-order valence-corrected chi connectivity index (χ3v) is 4.47. The molecule has 1 aromatic heterocycles. The van der Waals surface area contributed by atoms with Gasteiger partial charge in [-0.3, -0.25) is 9.48 Å². The van der Waals surface area contributed by atoms with Gasteiger partial charge in [0.15, 0.2) is 0 Å². The number of hydrogen-bond acceptors (Lipinski definition) is 5. The van der Waals surface area contributed by atoms with Crippen LogP contribution in [0.1, 0.15) is 37.9 Å². The number of nitrogens with zero attached hydrogens (tertiary/aromatic N) is 3. The molecule has 0 radical (unpaired) electrons. The first-order valence-corrected chi connectivity index (χ1v) is 8.88. The lowest BCUT2D eigenvalue weighted by Crippen LogP contribution is -2.38. The van der Waals surface area contributed by atoms with Crippen LogP contribution in [0.5, 0.6) is 0 Å². The van der Waals surface area contributed by atoms with Crippen molar-refractivity contribution in [3.63, 3.8) is 0 Å². The molecule has 1 atom stereocenters. The number of morpholine rings is 1. The molecule has 2 N–H and O–H groups in total. The quantitative estimate of drug-likeness (QED) is 0.692. The average molecular weight is 337 g/mol. The van der Waals surface area contributed by atoms with Crippen molar-refractivity contribution in [2.45, 2.75) is 46.2 Å². The second kappa shape index (κ2) is 9.03. The van der Waals surface area contributed by atoms with Crippen LogP contribution in [0.4, 0.5) is 5.82 Å². The maximum Gasteiger partial charge on any atom is 0.221 e. The summed E-state index contributed by atoms with van der Waals surface area (Å²) >= 11 is 0. The summed E-state index contributed by atoms with van der Waals surface area (Å²) < 4.78 is 7.39. The number of carbonyl (C=O) groups excluding carboxylic acids is 1. The van der Waals surface area contributed by atoms with E-state index in [1.54, 1.807) is 0 Å². The van der Waals surface area contributed by atoms with Gasteiger partial charge in [0.25, 0.3) is 0 Å². The van der Waals surface area contributed by atoms with Crippen molar-refractivity contribution in [3.05, 3.63) is 11.3 Å². The summed E-state index contributed by atoms with van der Waals surface area (Å²) in [5, 5.41) is 10.9. The van der Waals surface area contributed by atoms with Crippen molar-refractivity contribution >= 4 is 11.7 Å². The summed E-state index contributed by atoms with van der Waals surface area (Å²) in [5.74, 6) is 1.26. The van der Waals surface area contributed by atoms with Crippen LogP contribution in [0.3, 0.4) is 0 Å². The van der Waals surface area contributed by atoms with E-state index in [2.05, 4.69) is 27.6 Å². The van der Waals surface area contributed by atoms with Crippen LogP contribution in [0.15, 0.2) is 0 Å². The zero-order valence-corrected chi connectivity index (χ0v) is 15.4. The highest BCUT2D eigenvalue weighted by molar-refractivity contribution is 5.76. The Morgan fingerprint density at radius 1 is 1.38 bits per heavy atom. The molecule has 1 amide bonds. The minimum absolute atomic E-state index is 0.105. The van der Waals surface area contributed by atoms with Crippen molar-refractivity contribution < 1.29 is 9.53 Å². The summed E-state index contributed by atoms with van der Waals surface area (Å²) in [4.78, 5) is 14.1. The number of aryl methyl sites for hydroxylation is 2. The molecule has 0 aliphatic carbocycles. The first-order chi connectivity index (χ1) is 11.5. The maximum atomic E-state index is 11.8. The zero-order chi connectivity index (χ0) is 17.5. The molecule has 136 valence electrons. The van der Waals surface area contributed by atoms with Crippen LogP contribution in [0.25, 0.3) is 0 Å². The van der Waals surface area contributed by atoms with Gasteiger partial charge in [0, 0.05) is 51.3 Å². The molecule has 0 bridgehead atoms. The van der Waals surface area contributed by atoms with Crippen LogP contribution in [0.2, 0.25) is 0 Å². The second-order valence-electron chi connectivity index (χ2n) is 6.41. The van der Waals surface area contributed by atoms with E-state index in [9.17, 15) is 4.79 Å². The van der Waals surface area contributed by atoms with Crippen LogP contribution in [-0.2, 0) is 23.1 Å². The van der Waals surface area contributed by atoms with E-state index in [0.717, 1.165) is 50.8 Å². The van der Waals surface area contributed by atoms with Gasteiger partial charge in [-0.15, -0.1) is 0 Å². The first-order valence-electron chi connectivity index (χ1n) is 8.88. The predicted octanol–water partition coefficient (Wildman–Crippen LogP) is 0.960. The molecular weight excluding hydrogens is 306 g/mol. The Labute approximate surface area is 144 Å². The van der Waals surface area contributed by atoms with Gasteiger partial charge in [-0.05, 0) is 20.3 Å². The second-order valence-corrected chi connectivity index (χ2v) is 6.41. The first kappa shape index (κ1) is 18.7. The molecule has 0 unspecified atom stereocenters. The van der Waals surface area contributed by atoms with Crippen molar-refractivity contribution in [2.24, 2.45) is 7.05 Å². The van der Waals surface area contributed by atoms with Gasteiger partial charge in [0.1, 0.15) is 5.82 Å². The van der Waals surface area contributed by atoms with Crippen molar-refractivity contribution in [1.82, 2.24) is 20.4 Å². The van der Waals surface area contributed by atoms with Gasteiger partial charge in [-0.2, -0.15) is 5.10 Å². The van der Waals surface area contributed by atoms with Gasteiger partial charge in [0.05, 0.1) is 18.9 Å². The Balaban J connectivity index is 1.87. The molecule has 0 aromatic carbocycles. The molecule has 1 aliphatic rings. The number of rotatable bonds is 8. The molecule has 1 aromatic rings. The average Bonchev–Trinajstić information content (AvgIpc) is 2.85. The van der Waals surface area contributed by atoms with Gasteiger partial charge >= 0.3 is 0 Å². The third-order valence-electron chi connectivity index (χ3n) is 4.47. The SMILES string of the molecule is CC[C@@H](C)NC(=O)CCNCc1c(C)nn(C)c1N1CCOCC1. The lowest BCUT2D eigenvalue weighted by atomic mass is 10.2. The number of anilines is 1. The third kappa shape index (κ3) is 4.95. The van der Waals surface area contributed by atoms with E-state index < -0.39 is 0 Å². The lowest BCUT2D eigenvalue weighted by Gasteiger charge is -2.29. The highest BCUT2D eigenvalue weighted by Crippen LogP contribution is 2.23. The van der Waals surface area contributed by atoms with Gasteiger partial charge < -0.3 is 20.3 Å². The fourth-order valence-corrected chi connectivity index (χ4v) is 2.93. The van der Waals surface area contributed by atoms with Gasteiger partial charge in [0.2, 0.25) is 5.91 Å². The summed E-state index contributed by atoms with van der Waals surface area (Å²) in [5.41, 5.74) is 2.25. The Bertz CT molecular complexity index is 537. The standard InChI is InChI=1S/C17H31N5O2/c1-5-13(2)19-16(23)6-7-18-12-15-14(3)20-21(4)17(15)22-8-10-24-11-9-22/h13,18H,5-12H2,1-4H3,(H,19,23)/t13-/m1/s1. The number of ether oxygens (including phenoxy) is 1. The number of hydrogen-bond donors (Lipinski definition) is 2. The highest BCUT2D eigenvalue weighted by atomic mass is 16.5. The normalized spacial score (nSPS) is 16.2. The Morgan fingerprint density at radius 3 is 2.75 bits per heavy atom. The molecule has 1 fully saturated rings.